The van der Waals surface area contributed by atoms with E-state index in [-0.39, 0.29) is 12.0 Å². The maximum Gasteiger partial charge on any atom is 0.340 e. The molecule has 0 amide bonds. The van der Waals surface area contributed by atoms with Crippen molar-refractivity contribution < 1.29 is 14.3 Å². The van der Waals surface area contributed by atoms with Crippen molar-refractivity contribution in [2.45, 2.75) is 26.3 Å². The molecule has 1 heterocycles. The van der Waals surface area contributed by atoms with Gasteiger partial charge in [0, 0.05) is 4.88 Å². The van der Waals surface area contributed by atoms with E-state index in [1.54, 1.807) is 7.11 Å². The van der Waals surface area contributed by atoms with E-state index in [1.807, 2.05) is 44.2 Å². The Kier molecular flexibility index (Phi) is 6.78. The lowest BCUT2D eigenvalue weighted by Crippen LogP contribution is -2.31. The molecule has 0 aliphatic carbocycles. The lowest BCUT2D eigenvalue weighted by Gasteiger charge is -2.17. The van der Waals surface area contributed by atoms with Crippen LogP contribution in [-0.2, 0) is 11.2 Å². The van der Waals surface area contributed by atoms with Gasteiger partial charge < -0.3 is 20.1 Å². The van der Waals surface area contributed by atoms with Gasteiger partial charge >= 0.3 is 5.97 Å². The molecular formula is C18H22N2O3S2. The quantitative estimate of drug-likeness (QED) is 0.582. The molecule has 0 spiro atoms. The number of thiophene rings is 1. The number of rotatable bonds is 6. The SMILES string of the molecule is CCc1cc(C(=O)OC)c(NC(=S)NC(C)c2cccc(OC)c2)s1. The van der Waals surface area contributed by atoms with Crippen molar-refractivity contribution in [3.63, 3.8) is 0 Å². The average Bonchev–Trinajstić information content (AvgIpc) is 3.03. The van der Waals surface area contributed by atoms with E-state index in [2.05, 4.69) is 10.6 Å². The molecule has 1 unspecified atom stereocenters. The van der Waals surface area contributed by atoms with Gasteiger partial charge in [-0.3, -0.25) is 0 Å². The average molecular weight is 379 g/mol. The number of hydrogen-bond donors (Lipinski definition) is 2. The number of esters is 1. The van der Waals surface area contributed by atoms with E-state index >= 15 is 0 Å². The Bertz CT molecular complexity index is 759. The third-order valence-electron chi connectivity index (χ3n) is 3.71. The molecule has 0 radical (unpaired) electrons. The Morgan fingerprint density at radius 3 is 2.72 bits per heavy atom. The van der Waals surface area contributed by atoms with E-state index in [0.29, 0.717) is 15.7 Å². The van der Waals surface area contributed by atoms with Crippen LogP contribution in [-0.4, -0.2) is 25.3 Å². The van der Waals surface area contributed by atoms with Gasteiger partial charge in [0.1, 0.15) is 10.8 Å². The third-order valence-corrected chi connectivity index (χ3v) is 5.12. The zero-order valence-electron chi connectivity index (χ0n) is 14.7. The standard InChI is InChI=1S/C18H22N2O3S2/c1-5-14-10-15(17(21)23-4)16(25-14)20-18(24)19-11(2)12-7-6-8-13(9-12)22-3/h6-11H,5H2,1-4H3,(H2,19,20,24). The van der Waals surface area contributed by atoms with Gasteiger partial charge in [0.25, 0.3) is 0 Å². The second-order valence-corrected chi connectivity index (χ2v) is 6.94. The van der Waals surface area contributed by atoms with Gasteiger partial charge in [0.05, 0.1) is 25.8 Å². The summed E-state index contributed by atoms with van der Waals surface area (Å²) in [6, 6.07) is 9.62. The number of hydrogen-bond acceptors (Lipinski definition) is 5. The minimum Gasteiger partial charge on any atom is -0.497 e. The second kappa shape index (κ2) is 8.82. The summed E-state index contributed by atoms with van der Waals surface area (Å²) in [5.41, 5.74) is 1.56. The lowest BCUT2D eigenvalue weighted by atomic mass is 10.1. The molecule has 2 aromatic rings. The fraction of sp³-hybridized carbons (Fsp3) is 0.333. The molecule has 7 heteroatoms. The monoisotopic (exact) mass is 378 g/mol. The highest BCUT2D eigenvalue weighted by atomic mass is 32.1. The number of thiocarbonyl (C=S) groups is 1. The second-order valence-electron chi connectivity index (χ2n) is 5.40. The van der Waals surface area contributed by atoms with E-state index in [9.17, 15) is 4.79 Å². The topological polar surface area (TPSA) is 59.6 Å². The summed E-state index contributed by atoms with van der Waals surface area (Å²) in [6.07, 6.45) is 0.844. The van der Waals surface area contributed by atoms with Crippen LogP contribution in [0.2, 0.25) is 0 Å². The van der Waals surface area contributed by atoms with E-state index in [1.165, 1.54) is 18.4 Å². The summed E-state index contributed by atoms with van der Waals surface area (Å²) >= 11 is 6.90. The summed E-state index contributed by atoms with van der Waals surface area (Å²) < 4.78 is 10.1. The number of carbonyl (C=O) groups excluding carboxylic acids is 1. The van der Waals surface area contributed by atoms with Crippen LogP contribution in [0.15, 0.2) is 30.3 Å². The van der Waals surface area contributed by atoms with Gasteiger partial charge in [-0.2, -0.15) is 0 Å². The van der Waals surface area contributed by atoms with Gasteiger partial charge in [-0.05, 0) is 49.3 Å². The van der Waals surface area contributed by atoms with Crippen molar-refractivity contribution in [2.75, 3.05) is 19.5 Å². The molecule has 2 N–H and O–H groups in total. The van der Waals surface area contributed by atoms with Crippen molar-refractivity contribution in [3.05, 3.63) is 46.3 Å². The van der Waals surface area contributed by atoms with Crippen molar-refractivity contribution >= 4 is 39.6 Å². The molecule has 134 valence electrons. The zero-order chi connectivity index (χ0) is 18.4. The first-order chi connectivity index (χ1) is 12.0. The Morgan fingerprint density at radius 1 is 1.32 bits per heavy atom. The molecule has 1 atom stereocenters. The smallest absolute Gasteiger partial charge is 0.340 e. The molecular weight excluding hydrogens is 356 g/mol. The lowest BCUT2D eigenvalue weighted by molar-refractivity contribution is 0.0602. The van der Waals surface area contributed by atoms with Crippen LogP contribution in [0, 0.1) is 0 Å². The first kappa shape index (κ1) is 19.2. The fourth-order valence-corrected chi connectivity index (χ4v) is 3.63. The number of benzene rings is 1. The molecule has 0 saturated heterocycles. The predicted molar refractivity (Wildman–Crippen MR) is 106 cm³/mol. The van der Waals surface area contributed by atoms with Gasteiger partial charge in [0.2, 0.25) is 0 Å². The molecule has 0 saturated carbocycles. The van der Waals surface area contributed by atoms with Crippen LogP contribution in [0.1, 0.15) is 40.7 Å². The molecule has 0 aliphatic rings. The predicted octanol–water partition coefficient (Wildman–Crippen LogP) is 4.15. The number of nitrogens with one attached hydrogen (secondary N) is 2. The van der Waals surface area contributed by atoms with Gasteiger partial charge in [-0.1, -0.05) is 19.1 Å². The summed E-state index contributed by atoms with van der Waals surface area (Å²) in [6.45, 7) is 4.05. The minimum absolute atomic E-state index is 0.0118. The molecule has 2 rings (SSSR count). The van der Waals surface area contributed by atoms with Crippen LogP contribution < -0.4 is 15.4 Å². The molecule has 25 heavy (non-hydrogen) atoms. The van der Waals surface area contributed by atoms with Crippen LogP contribution >= 0.6 is 23.6 Å². The first-order valence-corrected chi connectivity index (χ1v) is 9.13. The Balaban J connectivity index is 2.09. The van der Waals surface area contributed by atoms with Gasteiger partial charge in [-0.15, -0.1) is 11.3 Å². The van der Waals surface area contributed by atoms with Gasteiger partial charge in [0.15, 0.2) is 5.11 Å². The molecule has 0 aliphatic heterocycles. The Labute approximate surface area is 157 Å². The van der Waals surface area contributed by atoms with Crippen LogP contribution in [0.4, 0.5) is 5.00 Å². The number of carbonyl (C=O) groups is 1. The van der Waals surface area contributed by atoms with Crippen molar-refractivity contribution in [3.8, 4) is 5.75 Å². The number of aryl methyl sites for hydroxylation is 1. The normalized spacial score (nSPS) is 11.5. The van der Waals surface area contributed by atoms with E-state index in [4.69, 9.17) is 21.7 Å². The van der Waals surface area contributed by atoms with Crippen LogP contribution in [0.5, 0.6) is 5.75 Å². The maximum atomic E-state index is 11.9. The van der Waals surface area contributed by atoms with Crippen molar-refractivity contribution in [1.29, 1.82) is 0 Å². The third kappa shape index (κ3) is 4.93. The minimum atomic E-state index is -0.373. The zero-order valence-corrected chi connectivity index (χ0v) is 16.3. The van der Waals surface area contributed by atoms with Crippen molar-refractivity contribution in [2.24, 2.45) is 0 Å². The highest BCUT2D eigenvalue weighted by Gasteiger charge is 2.18. The highest BCUT2D eigenvalue weighted by molar-refractivity contribution is 7.80. The number of ether oxygens (including phenoxy) is 2. The van der Waals surface area contributed by atoms with Crippen LogP contribution in [0.25, 0.3) is 0 Å². The fourth-order valence-electron chi connectivity index (χ4n) is 2.30. The molecule has 0 fully saturated rings. The molecule has 0 bridgehead atoms. The summed E-state index contributed by atoms with van der Waals surface area (Å²) in [7, 11) is 3.01. The summed E-state index contributed by atoms with van der Waals surface area (Å²) in [4.78, 5) is 13.0. The van der Waals surface area contributed by atoms with E-state index in [0.717, 1.165) is 22.6 Å². The van der Waals surface area contributed by atoms with Gasteiger partial charge in [-0.25, -0.2) is 4.79 Å². The number of anilines is 1. The maximum absolute atomic E-state index is 11.9. The van der Waals surface area contributed by atoms with E-state index < -0.39 is 0 Å². The largest absolute Gasteiger partial charge is 0.497 e. The summed E-state index contributed by atoms with van der Waals surface area (Å²) in [5.74, 6) is 0.422. The molecule has 1 aromatic heterocycles. The van der Waals surface area contributed by atoms with Crippen LogP contribution in [0.3, 0.4) is 0 Å². The summed E-state index contributed by atoms with van der Waals surface area (Å²) in [5, 5.41) is 7.49. The molecule has 1 aromatic carbocycles. The Morgan fingerprint density at radius 2 is 2.08 bits per heavy atom. The highest BCUT2D eigenvalue weighted by Crippen LogP contribution is 2.29. The first-order valence-electron chi connectivity index (χ1n) is 7.91. The van der Waals surface area contributed by atoms with Crippen molar-refractivity contribution in [1.82, 2.24) is 5.32 Å². The Hall–Kier alpha value is -2.12. The molecule has 5 nitrogen and oxygen atoms in total. The number of methoxy groups -OCH3 is 2.